The Morgan fingerprint density at radius 2 is 1.65 bits per heavy atom. The van der Waals surface area contributed by atoms with Gasteiger partial charge in [-0.3, -0.25) is 4.55 Å². The van der Waals surface area contributed by atoms with Crippen LogP contribution in [0.4, 0.5) is 0 Å². The zero-order valence-corrected chi connectivity index (χ0v) is 19.4. The molecule has 0 aromatic heterocycles. The standard InChI is InChI=1S/C14H19NO9S2.C4H12N/c16-7-9-11(17)12(18)13(19)14(23-9)25-10(15-24-26(20,21)22)6-8-4-2-1-3-5-8;1-5(2,3)4/h1-5,9,11-14,16-19H,6-7H2,(H,20,21,22);1-4H3/q;+1/b15-10+;. The van der Waals surface area contributed by atoms with E-state index in [9.17, 15) is 28.8 Å². The number of hydrogen-bond donors (Lipinski definition) is 5. The van der Waals surface area contributed by atoms with Gasteiger partial charge in [-0.1, -0.05) is 47.2 Å². The molecule has 1 aliphatic heterocycles. The third-order valence-electron chi connectivity index (χ3n) is 3.53. The summed E-state index contributed by atoms with van der Waals surface area (Å²) in [5, 5.41) is 42.2. The van der Waals surface area contributed by atoms with Crippen LogP contribution in [-0.2, 0) is 25.8 Å². The molecule has 0 amide bonds. The van der Waals surface area contributed by atoms with Gasteiger partial charge >= 0.3 is 10.4 Å². The lowest BCUT2D eigenvalue weighted by atomic mass is 10.0. The lowest BCUT2D eigenvalue weighted by Crippen LogP contribution is -2.57. The third-order valence-corrected chi connectivity index (χ3v) is 4.91. The van der Waals surface area contributed by atoms with E-state index in [-0.39, 0.29) is 11.5 Å². The number of thioether (sulfide) groups is 1. The summed E-state index contributed by atoms with van der Waals surface area (Å²) in [5.41, 5.74) is -0.444. The minimum absolute atomic E-state index is 0.0122. The van der Waals surface area contributed by atoms with Gasteiger partial charge in [0.2, 0.25) is 0 Å². The molecule has 5 N–H and O–H groups in total. The molecule has 178 valence electrons. The highest BCUT2D eigenvalue weighted by atomic mass is 32.3. The molecule has 5 atom stereocenters. The number of rotatable bonds is 6. The number of nitrogens with zero attached hydrogens (tertiary/aromatic N) is 2. The zero-order valence-electron chi connectivity index (χ0n) is 17.8. The summed E-state index contributed by atoms with van der Waals surface area (Å²) in [7, 11) is 3.67. The Bertz CT molecular complexity index is 792. The van der Waals surface area contributed by atoms with Crippen molar-refractivity contribution in [3.8, 4) is 0 Å². The molecule has 5 unspecified atom stereocenters. The van der Waals surface area contributed by atoms with E-state index < -0.39 is 46.9 Å². The van der Waals surface area contributed by atoms with E-state index in [4.69, 9.17) is 9.29 Å². The van der Waals surface area contributed by atoms with Crippen LogP contribution in [0.25, 0.3) is 0 Å². The van der Waals surface area contributed by atoms with E-state index in [1.165, 1.54) is 0 Å². The van der Waals surface area contributed by atoms with E-state index in [0.29, 0.717) is 0 Å². The van der Waals surface area contributed by atoms with Crippen molar-refractivity contribution >= 4 is 27.2 Å². The Labute approximate surface area is 186 Å². The second-order valence-corrected chi connectivity index (χ2v) is 10.3. The first-order valence-electron chi connectivity index (χ1n) is 9.24. The van der Waals surface area contributed by atoms with Gasteiger partial charge in [-0.15, -0.1) is 0 Å². The Balaban J connectivity index is 0.000000861. The van der Waals surface area contributed by atoms with E-state index in [0.717, 1.165) is 21.8 Å². The van der Waals surface area contributed by atoms with Crippen molar-refractivity contribution in [3.05, 3.63) is 35.9 Å². The lowest BCUT2D eigenvalue weighted by Gasteiger charge is -2.39. The summed E-state index contributed by atoms with van der Waals surface area (Å²) < 4.78 is 40.6. The maximum Gasteiger partial charge on any atom is 0.466 e. The van der Waals surface area contributed by atoms with Gasteiger partial charge in [-0.25, -0.2) is 4.28 Å². The topological polar surface area (TPSA) is 166 Å². The maximum atomic E-state index is 10.8. The van der Waals surface area contributed by atoms with Gasteiger partial charge in [-0.2, -0.15) is 8.42 Å². The smallest absolute Gasteiger partial charge is 0.394 e. The largest absolute Gasteiger partial charge is 0.466 e. The Hall–Kier alpha value is -1.29. The van der Waals surface area contributed by atoms with E-state index in [1.807, 2.05) is 0 Å². The molecule has 0 bridgehead atoms. The maximum absolute atomic E-state index is 10.8. The number of quaternary nitrogens is 1. The highest BCUT2D eigenvalue weighted by molar-refractivity contribution is 8.14. The van der Waals surface area contributed by atoms with Gasteiger partial charge < -0.3 is 29.6 Å². The van der Waals surface area contributed by atoms with Crippen LogP contribution in [-0.4, -0.2) is 108 Å². The molecule has 1 aromatic carbocycles. The fraction of sp³-hybridized carbons (Fsp3) is 0.611. The molecule has 0 aliphatic carbocycles. The van der Waals surface area contributed by atoms with Crippen molar-refractivity contribution in [2.45, 2.75) is 36.3 Å². The van der Waals surface area contributed by atoms with Crippen molar-refractivity contribution in [1.82, 2.24) is 0 Å². The summed E-state index contributed by atoms with van der Waals surface area (Å²) in [4.78, 5) is 0. The highest BCUT2D eigenvalue weighted by Crippen LogP contribution is 2.30. The average Bonchev–Trinajstić information content (AvgIpc) is 2.65. The molecule has 0 saturated carbocycles. The molecule has 13 heteroatoms. The molecule has 0 spiro atoms. The van der Waals surface area contributed by atoms with Crippen LogP contribution in [0.5, 0.6) is 0 Å². The predicted octanol–water partition coefficient (Wildman–Crippen LogP) is -0.782. The molecule has 1 saturated heterocycles. The highest BCUT2D eigenvalue weighted by Gasteiger charge is 2.44. The summed E-state index contributed by atoms with van der Waals surface area (Å²) in [5.74, 6) is 0. The van der Waals surface area contributed by atoms with E-state index in [2.05, 4.69) is 37.6 Å². The molecule has 1 heterocycles. The van der Waals surface area contributed by atoms with Crippen LogP contribution in [0.15, 0.2) is 35.5 Å². The van der Waals surface area contributed by atoms with Crippen LogP contribution in [0.1, 0.15) is 5.56 Å². The molecule has 11 nitrogen and oxygen atoms in total. The normalized spacial score (nSPS) is 27.3. The van der Waals surface area contributed by atoms with Crippen molar-refractivity contribution in [2.75, 3.05) is 34.8 Å². The quantitative estimate of drug-likeness (QED) is 0.114. The number of aliphatic hydroxyl groups excluding tert-OH is 4. The second kappa shape index (κ2) is 12.1. The average molecular weight is 484 g/mol. The predicted molar refractivity (Wildman–Crippen MR) is 116 cm³/mol. The van der Waals surface area contributed by atoms with Gasteiger partial charge in [0.25, 0.3) is 0 Å². The van der Waals surface area contributed by atoms with Gasteiger partial charge in [0.05, 0.1) is 34.8 Å². The summed E-state index contributed by atoms with van der Waals surface area (Å²) in [6.45, 7) is -0.602. The minimum atomic E-state index is -4.83. The number of oxime groups is 1. The van der Waals surface area contributed by atoms with Crippen LogP contribution in [0.2, 0.25) is 0 Å². The molecule has 0 radical (unpaired) electrons. The number of aliphatic hydroxyl groups is 4. The van der Waals surface area contributed by atoms with E-state index in [1.54, 1.807) is 30.3 Å². The van der Waals surface area contributed by atoms with Gasteiger partial charge in [0, 0.05) is 6.42 Å². The number of benzene rings is 1. The first kappa shape index (κ1) is 27.7. The SMILES string of the molecule is C[N+](C)(C)C.O=S(=O)(O)O/N=C(\Cc1ccccc1)SC1OC(CO)C(O)C(O)C1O. The van der Waals surface area contributed by atoms with Crippen LogP contribution < -0.4 is 0 Å². The first-order valence-corrected chi connectivity index (χ1v) is 11.5. The zero-order chi connectivity index (χ0) is 23.8. The summed E-state index contributed by atoms with van der Waals surface area (Å²) in [6, 6.07) is 8.73. The molecule has 31 heavy (non-hydrogen) atoms. The summed E-state index contributed by atoms with van der Waals surface area (Å²) in [6.07, 6.45) is -5.68. The Kier molecular flexibility index (Phi) is 10.8. The second-order valence-electron chi connectivity index (χ2n) is 8.15. The third kappa shape index (κ3) is 11.2. The number of hydrogen-bond acceptors (Lipinski definition) is 10. The fourth-order valence-electron chi connectivity index (χ4n) is 2.25. The molecule has 1 aromatic rings. The lowest BCUT2D eigenvalue weighted by molar-refractivity contribution is -0.849. The van der Waals surface area contributed by atoms with Gasteiger partial charge in [0.15, 0.2) is 0 Å². The minimum Gasteiger partial charge on any atom is -0.394 e. The van der Waals surface area contributed by atoms with Crippen molar-refractivity contribution < 1.29 is 46.9 Å². The van der Waals surface area contributed by atoms with Crippen molar-refractivity contribution in [3.63, 3.8) is 0 Å². The van der Waals surface area contributed by atoms with Crippen molar-refractivity contribution in [2.24, 2.45) is 5.16 Å². The molecule has 2 rings (SSSR count). The van der Waals surface area contributed by atoms with Gasteiger partial charge in [0.1, 0.15) is 34.9 Å². The number of ether oxygens (including phenoxy) is 1. The molecular formula is C18H31N2O9S2+. The van der Waals surface area contributed by atoms with Crippen molar-refractivity contribution in [1.29, 1.82) is 0 Å². The Morgan fingerprint density at radius 1 is 1.10 bits per heavy atom. The Morgan fingerprint density at radius 3 is 2.13 bits per heavy atom. The van der Waals surface area contributed by atoms with Crippen LogP contribution >= 0.6 is 11.8 Å². The first-order chi connectivity index (χ1) is 14.2. The molecular weight excluding hydrogens is 452 g/mol. The molecule has 1 fully saturated rings. The fourth-order valence-corrected chi connectivity index (χ4v) is 3.58. The summed E-state index contributed by atoms with van der Waals surface area (Å²) >= 11 is 0.729. The van der Waals surface area contributed by atoms with Crippen LogP contribution in [0.3, 0.4) is 0 Å². The van der Waals surface area contributed by atoms with E-state index >= 15 is 0 Å². The molecule has 1 aliphatic rings. The monoisotopic (exact) mass is 483 g/mol. The van der Waals surface area contributed by atoms with Crippen LogP contribution in [0, 0.1) is 0 Å². The van der Waals surface area contributed by atoms with Gasteiger partial charge in [-0.05, 0) is 5.56 Å².